The van der Waals surface area contributed by atoms with Crippen LogP contribution in [0.3, 0.4) is 0 Å². The van der Waals surface area contributed by atoms with E-state index < -0.39 is 0 Å². The number of benzene rings is 2. The minimum atomic E-state index is -0.0542. The molecule has 5 rings (SSSR count). The van der Waals surface area contributed by atoms with Crippen LogP contribution in [0.15, 0.2) is 88.2 Å². The number of fused-ring (bicyclic) bond motifs is 1. The molecule has 36 heavy (non-hydrogen) atoms. The van der Waals surface area contributed by atoms with E-state index >= 15 is 0 Å². The van der Waals surface area contributed by atoms with E-state index in [1.807, 2.05) is 54.7 Å². The molecular weight excluding hydrogens is 450 g/mol. The van der Waals surface area contributed by atoms with Crippen LogP contribution in [-0.2, 0) is 0 Å². The average molecular weight is 484 g/mol. The number of nitrogens with zero attached hydrogens (tertiary/aromatic N) is 3. The molecule has 186 valence electrons. The van der Waals surface area contributed by atoms with Gasteiger partial charge in [0, 0.05) is 44.0 Å². The quantitative estimate of drug-likeness (QED) is 0.273. The van der Waals surface area contributed by atoms with Gasteiger partial charge in [0.25, 0.3) is 0 Å². The van der Waals surface area contributed by atoms with Gasteiger partial charge < -0.3 is 14.1 Å². The second-order valence-electron chi connectivity index (χ2n) is 9.28. The molecule has 0 saturated carbocycles. The molecular formula is C30H33N3O3. The number of ether oxygens (including phenoxy) is 1. The molecule has 6 heteroatoms. The first kappa shape index (κ1) is 24.1. The van der Waals surface area contributed by atoms with Crippen molar-refractivity contribution in [3.8, 4) is 17.1 Å². The third-order valence-electron chi connectivity index (χ3n) is 6.74. The van der Waals surface area contributed by atoms with Crippen LogP contribution in [0.5, 0.6) is 5.75 Å². The Labute approximate surface area is 212 Å². The number of unbranched alkanes of at least 4 members (excludes halogenated alkanes) is 3. The Balaban J connectivity index is 1.01. The van der Waals surface area contributed by atoms with Crippen molar-refractivity contribution in [2.75, 3.05) is 44.2 Å². The standard InChI is InChI=1S/C30H33N3O3/c34-27-23-29(24-10-4-3-5-11-24)36-28-14-13-25(22-26(27)28)35-21-9-2-1-8-16-32-17-19-33(20-18-32)30-12-6-7-15-31-30/h3-7,10-15,22-23H,1-2,8-9,16-21H2. The lowest BCUT2D eigenvalue weighted by Gasteiger charge is -2.35. The SMILES string of the molecule is O=c1cc(-c2ccccc2)oc2ccc(OCCCCCCN3CCN(c4ccccn4)CC3)cc12. The second kappa shape index (κ2) is 11.9. The maximum Gasteiger partial charge on any atom is 0.193 e. The van der Waals surface area contributed by atoms with Crippen LogP contribution >= 0.6 is 0 Å². The lowest BCUT2D eigenvalue weighted by molar-refractivity contribution is 0.249. The fraction of sp³-hybridized carbons (Fsp3) is 0.333. The van der Waals surface area contributed by atoms with Crippen LogP contribution in [-0.4, -0.2) is 49.2 Å². The molecule has 4 aromatic rings. The third kappa shape index (κ3) is 6.13. The first-order chi connectivity index (χ1) is 17.8. The van der Waals surface area contributed by atoms with Crippen molar-refractivity contribution in [3.63, 3.8) is 0 Å². The Kier molecular flexibility index (Phi) is 7.93. The van der Waals surface area contributed by atoms with Crippen LogP contribution < -0.4 is 15.1 Å². The lowest BCUT2D eigenvalue weighted by Crippen LogP contribution is -2.46. The molecule has 0 unspecified atom stereocenters. The van der Waals surface area contributed by atoms with E-state index in [-0.39, 0.29) is 5.43 Å². The Bertz CT molecular complexity index is 1300. The van der Waals surface area contributed by atoms with E-state index in [0.717, 1.165) is 56.9 Å². The molecule has 0 radical (unpaired) electrons. The van der Waals surface area contributed by atoms with E-state index in [2.05, 4.69) is 26.9 Å². The van der Waals surface area contributed by atoms with Gasteiger partial charge in [0.05, 0.1) is 12.0 Å². The summed E-state index contributed by atoms with van der Waals surface area (Å²) >= 11 is 0. The zero-order valence-corrected chi connectivity index (χ0v) is 20.6. The number of anilines is 1. The van der Waals surface area contributed by atoms with E-state index in [4.69, 9.17) is 9.15 Å². The zero-order chi connectivity index (χ0) is 24.6. The molecule has 0 spiro atoms. The molecule has 1 aliphatic heterocycles. The maximum atomic E-state index is 12.7. The Hall–Kier alpha value is -3.64. The Morgan fingerprint density at radius 3 is 2.44 bits per heavy atom. The van der Waals surface area contributed by atoms with Gasteiger partial charge in [-0.25, -0.2) is 4.98 Å². The highest BCUT2D eigenvalue weighted by atomic mass is 16.5. The number of hydrogen-bond donors (Lipinski definition) is 0. The predicted octanol–water partition coefficient (Wildman–Crippen LogP) is 5.62. The summed E-state index contributed by atoms with van der Waals surface area (Å²) in [6, 6.07) is 22.8. The molecule has 0 N–H and O–H groups in total. The van der Waals surface area contributed by atoms with Crippen LogP contribution in [0.25, 0.3) is 22.3 Å². The van der Waals surface area contributed by atoms with Crippen molar-refractivity contribution in [2.45, 2.75) is 25.7 Å². The summed E-state index contributed by atoms with van der Waals surface area (Å²) < 4.78 is 11.9. The number of rotatable bonds is 10. The molecule has 0 bridgehead atoms. The summed E-state index contributed by atoms with van der Waals surface area (Å²) in [5, 5.41) is 0.551. The number of hydrogen-bond acceptors (Lipinski definition) is 6. The van der Waals surface area contributed by atoms with Crippen molar-refractivity contribution in [1.82, 2.24) is 9.88 Å². The highest BCUT2D eigenvalue weighted by Crippen LogP contribution is 2.24. The molecule has 6 nitrogen and oxygen atoms in total. The molecule has 2 aromatic carbocycles. The zero-order valence-electron chi connectivity index (χ0n) is 20.6. The van der Waals surface area contributed by atoms with Crippen LogP contribution in [0.1, 0.15) is 25.7 Å². The number of piperazine rings is 1. The smallest absolute Gasteiger partial charge is 0.193 e. The maximum absolute atomic E-state index is 12.7. The summed E-state index contributed by atoms with van der Waals surface area (Å²) in [6.07, 6.45) is 6.43. The van der Waals surface area contributed by atoms with Crippen molar-refractivity contribution in [3.05, 3.63) is 89.2 Å². The summed E-state index contributed by atoms with van der Waals surface area (Å²) in [5.74, 6) is 2.38. The van der Waals surface area contributed by atoms with Crippen molar-refractivity contribution >= 4 is 16.8 Å². The Morgan fingerprint density at radius 1 is 0.833 bits per heavy atom. The molecule has 1 fully saturated rings. The highest BCUT2D eigenvalue weighted by molar-refractivity contribution is 5.80. The highest BCUT2D eigenvalue weighted by Gasteiger charge is 2.17. The van der Waals surface area contributed by atoms with E-state index in [9.17, 15) is 4.79 Å². The van der Waals surface area contributed by atoms with Gasteiger partial charge in [0.15, 0.2) is 5.43 Å². The second-order valence-corrected chi connectivity index (χ2v) is 9.28. The summed E-state index contributed by atoms with van der Waals surface area (Å²) in [5.41, 5.74) is 1.42. The first-order valence-corrected chi connectivity index (χ1v) is 12.9. The lowest BCUT2D eigenvalue weighted by atomic mass is 10.1. The average Bonchev–Trinajstić information content (AvgIpc) is 2.94. The Morgan fingerprint density at radius 2 is 1.64 bits per heavy atom. The van der Waals surface area contributed by atoms with Gasteiger partial charge in [-0.1, -0.05) is 49.2 Å². The molecule has 0 aliphatic carbocycles. The molecule has 1 aliphatic rings. The summed E-state index contributed by atoms with van der Waals surface area (Å²) in [4.78, 5) is 22.1. The van der Waals surface area contributed by atoms with Crippen LogP contribution in [0, 0.1) is 0 Å². The normalized spacial score (nSPS) is 14.3. The van der Waals surface area contributed by atoms with E-state index in [0.29, 0.717) is 29.1 Å². The van der Waals surface area contributed by atoms with Gasteiger partial charge in [0.2, 0.25) is 0 Å². The monoisotopic (exact) mass is 483 g/mol. The number of pyridine rings is 1. The van der Waals surface area contributed by atoms with Gasteiger partial charge in [-0.15, -0.1) is 0 Å². The fourth-order valence-corrected chi connectivity index (χ4v) is 4.69. The van der Waals surface area contributed by atoms with Crippen molar-refractivity contribution in [1.29, 1.82) is 0 Å². The molecule has 1 saturated heterocycles. The minimum absolute atomic E-state index is 0.0542. The topological polar surface area (TPSA) is 58.8 Å². The van der Waals surface area contributed by atoms with E-state index in [1.54, 1.807) is 12.1 Å². The van der Waals surface area contributed by atoms with Crippen LogP contribution in [0.4, 0.5) is 5.82 Å². The fourth-order valence-electron chi connectivity index (χ4n) is 4.69. The van der Waals surface area contributed by atoms with Gasteiger partial charge in [-0.05, 0) is 49.7 Å². The third-order valence-corrected chi connectivity index (χ3v) is 6.74. The van der Waals surface area contributed by atoms with Gasteiger partial charge in [-0.2, -0.15) is 0 Å². The molecule has 3 heterocycles. The minimum Gasteiger partial charge on any atom is -0.494 e. The summed E-state index contributed by atoms with van der Waals surface area (Å²) in [6.45, 7) is 6.10. The van der Waals surface area contributed by atoms with Crippen LogP contribution in [0.2, 0.25) is 0 Å². The predicted molar refractivity (Wildman–Crippen MR) is 145 cm³/mol. The van der Waals surface area contributed by atoms with Gasteiger partial charge >= 0.3 is 0 Å². The molecule has 0 amide bonds. The largest absolute Gasteiger partial charge is 0.494 e. The van der Waals surface area contributed by atoms with Crippen molar-refractivity contribution in [2.24, 2.45) is 0 Å². The molecule has 2 aromatic heterocycles. The number of aromatic nitrogens is 1. The first-order valence-electron chi connectivity index (χ1n) is 12.9. The van der Waals surface area contributed by atoms with Gasteiger partial charge in [-0.3, -0.25) is 9.69 Å². The van der Waals surface area contributed by atoms with Crippen molar-refractivity contribution < 1.29 is 9.15 Å². The van der Waals surface area contributed by atoms with Gasteiger partial charge in [0.1, 0.15) is 22.9 Å². The summed E-state index contributed by atoms with van der Waals surface area (Å²) in [7, 11) is 0. The molecule has 0 atom stereocenters. The van der Waals surface area contributed by atoms with E-state index in [1.165, 1.54) is 12.8 Å².